The van der Waals surface area contributed by atoms with Gasteiger partial charge in [0.25, 0.3) is 0 Å². The Hall–Kier alpha value is -0.830. The minimum atomic E-state index is 0.0192. The van der Waals surface area contributed by atoms with Gasteiger partial charge in [0, 0.05) is 18.0 Å². The molecule has 0 fully saturated rings. The molecule has 0 unspecified atom stereocenters. The molecule has 0 aromatic carbocycles. The van der Waals surface area contributed by atoms with Crippen molar-refractivity contribution < 1.29 is 4.79 Å². The van der Waals surface area contributed by atoms with Crippen LogP contribution in [0.15, 0.2) is 17.2 Å². The van der Waals surface area contributed by atoms with Crippen LogP contribution in [0.3, 0.4) is 0 Å². The number of Topliss-reactive ketones (excluding diaryl/α,β-unsaturated/α-hetero) is 1. The number of rotatable bonds is 2. The van der Waals surface area contributed by atoms with Gasteiger partial charge in [0.1, 0.15) is 5.69 Å². The standard InChI is InChI=1S/C9H11NOS/c1-6-4-8(7(2)11)10-5-9(6)12-3/h4-5H,1-3H3. The average molecular weight is 181 g/mol. The lowest BCUT2D eigenvalue weighted by molar-refractivity contribution is 0.101. The Balaban J connectivity index is 3.10. The number of hydrogen-bond acceptors (Lipinski definition) is 3. The first kappa shape index (κ1) is 9.26. The molecule has 0 amide bonds. The highest BCUT2D eigenvalue weighted by molar-refractivity contribution is 7.98. The molecule has 1 rings (SSSR count). The van der Waals surface area contributed by atoms with Crippen LogP contribution < -0.4 is 0 Å². The van der Waals surface area contributed by atoms with Gasteiger partial charge < -0.3 is 0 Å². The van der Waals surface area contributed by atoms with Gasteiger partial charge in [0.15, 0.2) is 5.78 Å². The van der Waals surface area contributed by atoms with E-state index in [-0.39, 0.29) is 5.78 Å². The number of thioether (sulfide) groups is 1. The minimum absolute atomic E-state index is 0.0192. The highest BCUT2D eigenvalue weighted by Gasteiger charge is 2.03. The number of aromatic nitrogens is 1. The average Bonchev–Trinajstić information content (AvgIpc) is 2.04. The summed E-state index contributed by atoms with van der Waals surface area (Å²) in [7, 11) is 0. The maximum atomic E-state index is 10.9. The van der Waals surface area contributed by atoms with E-state index in [0.29, 0.717) is 5.69 Å². The number of aryl methyl sites for hydroxylation is 1. The molecule has 0 N–H and O–H groups in total. The van der Waals surface area contributed by atoms with Gasteiger partial charge in [-0.15, -0.1) is 11.8 Å². The first-order valence-electron chi connectivity index (χ1n) is 3.66. The summed E-state index contributed by atoms with van der Waals surface area (Å²) in [6, 6.07) is 1.83. The van der Waals surface area contributed by atoms with Gasteiger partial charge in [0.2, 0.25) is 0 Å². The second-order valence-electron chi connectivity index (χ2n) is 2.60. The van der Waals surface area contributed by atoms with Gasteiger partial charge >= 0.3 is 0 Å². The van der Waals surface area contributed by atoms with Crippen LogP contribution in [-0.4, -0.2) is 17.0 Å². The smallest absolute Gasteiger partial charge is 0.178 e. The van der Waals surface area contributed by atoms with E-state index in [1.807, 2.05) is 19.2 Å². The van der Waals surface area contributed by atoms with Crippen LogP contribution >= 0.6 is 11.8 Å². The van der Waals surface area contributed by atoms with Crippen LogP contribution in [0.25, 0.3) is 0 Å². The molecule has 0 bridgehead atoms. The summed E-state index contributed by atoms with van der Waals surface area (Å²) in [4.78, 5) is 16.1. The SMILES string of the molecule is CSc1cnc(C(C)=O)cc1C. The number of nitrogens with zero attached hydrogens (tertiary/aromatic N) is 1. The molecule has 1 aromatic rings. The number of carbonyl (C=O) groups excluding carboxylic acids is 1. The topological polar surface area (TPSA) is 30.0 Å². The molecule has 0 saturated carbocycles. The molecule has 0 atom stereocenters. The van der Waals surface area contributed by atoms with Gasteiger partial charge in [-0.2, -0.15) is 0 Å². The van der Waals surface area contributed by atoms with E-state index < -0.39 is 0 Å². The van der Waals surface area contributed by atoms with Gasteiger partial charge in [0.05, 0.1) is 0 Å². The predicted octanol–water partition coefficient (Wildman–Crippen LogP) is 2.31. The lowest BCUT2D eigenvalue weighted by Gasteiger charge is -2.02. The van der Waals surface area contributed by atoms with Crippen molar-refractivity contribution in [3.05, 3.63) is 23.5 Å². The van der Waals surface area contributed by atoms with E-state index in [9.17, 15) is 4.79 Å². The van der Waals surface area contributed by atoms with Crippen molar-refractivity contribution in [2.24, 2.45) is 0 Å². The molecule has 0 aliphatic carbocycles. The second kappa shape index (κ2) is 3.72. The van der Waals surface area contributed by atoms with E-state index in [2.05, 4.69) is 4.98 Å². The van der Waals surface area contributed by atoms with Crippen molar-refractivity contribution in [1.82, 2.24) is 4.98 Å². The van der Waals surface area contributed by atoms with Gasteiger partial charge in [-0.3, -0.25) is 9.78 Å². The van der Waals surface area contributed by atoms with Crippen LogP contribution in [0, 0.1) is 6.92 Å². The summed E-state index contributed by atoms with van der Waals surface area (Å²) in [5.41, 5.74) is 1.66. The number of carbonyl (C=O) groups is 1. The Bertz CT molecular complexity index is 309. The van der Waals surface area contributed by atoms with Crippen molar-refractivity contribution in [3.63, 3.8) is 0 Å². The first-order chi connectivity index (χ1) is 5.65. The fourth-order valence-electron chi connectivity index (χ4n) is 0.950. The number of pyridine rings is 1. The second-order valence-corrected chi connectivity index (χ2v) is 3.44. The molecule has 0 spiro atoms. The fourth-order valence-corrected chi connectivity index (χ4v) is 1.49. The largest absolute Gasteiger partial charge is 0.293 e. The molecule has 1 heterocycles. The monoisotopic (exact) mass is 181 g/mol. The third-order valence-electron chi connectivity index (χ3n) is 1.64. The molecule has 2 nitrogen and oxygen atoms in total. The molecular formula is C9H11NOS. The van der Waals surface area contributed by atoms with Crippen molar-refractivity contribution in [2.45, 2.75) is 18.7 Å². The lowest BCUT2D eigenvalue weighted by Crippen LogP contribution is -1.97. The summed E-state index contributed by atoms with van der Waals surface area (Å²) < 4.78 is 0. The Morgan fingerprint density at radius 2 is 2.25 bits per heavy atom. The third kappa shape index (κ3) is 1.85. The predicted molar refractivity (Wildman–Crippen MR) is 50.8 cm³/mol. The van der Waals surface area contributed by atoms with Crippen molar-refractivity contribution in [3.8, 4) is 0 Å². The molecule has 0 saturated heterocycles. The van der Waals surface area contributed by atoms with Crippen molar-refractivity contribution >= 4 is 17.5 Å². The van der Waals surface area contributed by atoms with Crippen LogP contribution in [-0.2, 0) is 0 Å². The number of hydrogen-bond donors (Lipinski definition) is 0. The van der Waals surface area contributed by atoms with Gasteiger partial charge in [-0.25, -0.2) is 0 Å². The normalized spacial score (nSPS) is 9.92. The maximum absolute atomic E-state index is 10.9. The van der Waals surface area contributed by atoms with Crippen LogP contribution in [0.2, 0.25) is 0 Å². The van der Waals surface area contributed by atoms with Gasteiger partial charge in [-0.1, -0.05) is 0 Å². The zero-order valence-corrected chi connectivity index (χ0v) is 8.23. The fraction of sp³-hybridized carbons (Fsp3) is 0.333. The highest BCUT2D eigenvalue weighted by atomic mass is 32.2. The van der Waals surface area contributed by atoms with E-state index in [4.69, 9.17) is 0 Å². The summed E-state index contributed by atoms with van der Waals surface area (Å²) in [6.07, 6.45) is 3.74. The lowest BCUT2D eigenvalue weighted by atomic mass is 10.2. The molecule has 0 radical (unpaired) electrons. The Labute approximate surface area is 76.4 Å². The molecule has 3 heteroatoms. The molecule has 0 aliphatic heterocycles. The maximum Gasteiger partial charge on any atom is 0.178 e. The molecule has 64 valence electrons. The summed E-state index contributed by atoms with van der Waals surface area (Å²) in [6.45, 7) is 3.51. The Kier molecular flexibility index (Phi) is 2.87. The van der Waals surface area contributed by atoms with E-state index in [1.165, 1.54) is 6.92 Å². The van der Waals surface area contributed by atoms with Crippen LogP contribution in [0.1, 0.15) is 23.0 Å². The Morgan fingerprint density at radius 3 is 2.67 bits per heavy atom. The van der Waals surface area contributed by atoms with Crippen molar-refractivity contribution in [2.75, 3.05) is 6.26 Å². The van der Waals surface area contributed by atoms with Crippen molar-refractivity contribution in [1.29, 1.82) is 0 Å². The van der Waals surface area contributed by atoms with Crippen LogP contribution in [0.4, 0.5) is 0 Å². The van der Waals surface area contributed by atoms with Gasteiger partial charge in [-0.05, 0) is 24.8 Å². The minimum Gasteiger partial charge on any atom is -0.293 e. The van der Waals surface area contributed by atoms with E-state index >= 15 is 0 Å². The van der Waals surface area contributed by atoms with Crippen LogP contribution in [0.5, 0.6) is 0 Å². The third-order valence-corrected chi connectivity index (χ3v) is 2.51. The summed E-state index contributed by atoms with van der Waals surface area (Å²) in [5, 5.41) is 0. The Morgan fingerprint density at radius 1 is 1.58 bits per heavy atom. The number of ketones is 1. The van der Waals surface area contributed by atoms with E-state index in [1.54, 1.807) is 18.0 Å². The molecular weight excluding hydrogens is 170 g/mol. The summed E-state index contributed by atoms with van der Waals surface area (Å²) in [5.74, 6) is 0.0192. The zero-order chi connectivity index (χ0) is 9.14. The zero-order valence-electron chi connectivity index (χ0n) is 7.42. The molecule has 1 aromatic heterocycles. The molecule has 0 aliphatic rings. The first-order valence-corrected chi connectivity index (χ1v) is 4.89. The van der Waals surface area contributed by atoms with E-state index in [0.717, 1.165) is 10.5 Å². The summed E-state index contributed by atoms with van der Waals surface area (Å²) >= 11 is 1.64. The highest BCUT2D eigenvalue weighted by Crippen LogP contribution is 2.18. The quantitative estimate of drug-likeness (QED) is 0.518. The molecule has 12 heavy (non-hydrogen) atoms.